The fraction of sp³-hybridized carbons (Fsp3) is 0.200. The number of hydrogen-bond acceptors (Lipinski definition) is 3. The Morgan fingerprint density at radius 1 is 1.07 bits per heavy atom. The van der Waals surface area contributed by atoms with Gasteiger partial charge in [0.25, 0.3) is 0 Å². The largest absolute Gasteiger partial charge is 0.492 e. The van der Waals surface area contributed by atoms with Crippen LogP contribution in [0.15, 0.2) is 67.0 Å². The Hall–Kier alpha value is -3.35. The zero-order chi connectivity index (χ0) is 18.9. The molecule has 2 N–H and O–H groups in total. The van der Waals surface area contributed by atoms with Crippen LogP contribution in [0.3, 0.4) is 0 Å². The Morgan fingerprint density at radius 2 is 1.89 bits per heavy atom. The molecular formula is C20H21FN4O2. The maximum atomic E-state index is 13.0. The van der Waals surface area contributed by atoms with Gasteiger partial charge < -0.3 is 15.4 Å². The fourth-order valence-electron chi connectivity index (χ4n) is 2.48. The summed E-state index contributed by atoms with van der Waals surface area (Å²) in [7, 11) is 0. The Kier molecular flexibility index (Phi) is 6.40. The van der Waals surface area contributed by atoms with Gasteiger partial charge in [0.1, 0.15) is 18.2 Å². The van der Waals surface area contributed by atoms with Gasteiger partial charge in [-0.15, -0.1) is 0 Å². The number of hydrogen-bond donors (Lipinski definition) is 2. The number of nitrogens with zero attached hydrogens (tertiary/aromatic N) is 2. The predicted molar refractivity (Wildman–Crippen MR) is 99.9 cm³/mol. The molecule has 0 aliphatic heterocycles. The van der Waals surface area contributed by atoms with Crippen molar-refractivity contribution >= 4 is 6.03 Å². The first-order chi connectivity index (χ1) is 13.2. The lowest BCUT2D eigenvalue weighted by Crippen LogP contribution is -2.37. The third-order valence-corrected chi connectivity index (χ3v) is 3.83. The van der Waals surface area contributed by atoms with E-state index in [1.807, 2.05) is 41.2 Å². The molecule has 0 bridgehead atoms. The first kappa shape index (κ1) is 18.4. The van der Waals surface area contributed by atoms with Crippen LogP contribution in [0.25, 0.3) is 0 Å². The number of ether oxygens (including phenoxy) is 1. The van der Waals surface area contributed by atoms with Crippen molar-refractivity contribution in [1.29, 1.82) is 0 Å². The SMILES string of the molecule is O=C(NCCOc1cccc(F)c1)NCc1ccc(Cn2cccn2)cc1. The molecule has 0 spiro atoms. The number of urea groups is 1. The molecule has 7 heteroatoms. The van der Waals surface area contributed by atoms with E-state index in [1.165, 1.54) is 12.1 Å². The average Bonchev–Trinajstić information content (AvgIpc) is 3.18. The first-order valence-corrected chi connectivity index (χ1v) is 8.64. The van der Waals surface area contributed by atoms with Gasteiger partial charge in [-0.05, 0) is 29.3 Å². The molecular weight excluding hydrogens is 347 g/mol. The van der Waals surface area contributed by atoms with Crippen molar-refractivity contribution in [2.45, 2.75) is 13.1 Å². The number of nitrogens with one attached hydrogen (secondary N) is 2. The average molecular weight is 368 g/mol. The van der Waals surface area contributed by atoms with E-state index in [1.54, 1.807) is 18.3 Å². The number of halogens is 1. The Bertz CT molecular complexity index is 851. The molecule has 27 heavy (non-hydrogen) atoms. The second-order valence-corrected chi connectivity index (χ2v) is 5.94. The van der Waals surface area contributed by atoms with Gasteiger partial charge in [-0.1, -0.05) is 30.3 Å². The van der Waals surface area contributed by atoms with Crippen LogP contribution in [0.4, 0.5) is 9.18 Å². The molecule has 2 aromatic carbocycles. The second kappa shape index (κ2) is 9.38. The Balaban J connectivity index is 1.34. The van der Waals surface area contributed by atoms with Crippen molar-refractivity contribution in [3.63, 3.8) is 0 Å². The highest BCUT2D eigenvalue weighted by Crippen LogP contribution is 2.11. The summed E-state index contributed by atoms with van der Waals surface area (Å²) < 4.78 is 20.2. The monoisotopic (exact) mass is 368 g/mol. The fourth-order valence-corrected chi connectivity index (χ4v) is 2.48. The number of benzene rings is 2. The summed E-state index contributed by atoms with van der Waals surface area (Å²) in [5.41, 5.74) is 2.15. The highest BCUT2D eigenvalue weighted by Gasteiger charge is 2.02. The molecule has 2 amide bonds. The van der Waals surface area contributed by atoms with E-state index in [4.69, 9.17) is 4.74 Å². The first-order valence-electron chi connectivity index (χ1n) is 8.64. The van der Waals surface area contributed by atoms with Crippen LogP contribution < -0.4 is 15.4 Å². The minimum Gasteiger partial charge on any atom is -0.492 e. The van der Waals surface area contributed by atoms with Gasteiger partial charge in [0, 0.05) is 25.0 Å². The van der Waals surface area contributed by atoms with Gasteiger partial charge in [-0.25, -0.2) is 9.18 Å². The maximum absolute atomic E-state index is 13.0. The highest BCUT2D eigenvalue weighted by atomic mass is 19.1. The van der Waals surface area contributed by atoms with Crippen molar-refractivity contribution in [1.82, 2.24) is 20.4 Å². The molecule has 3 rings (SSSR count). The van der Waals surface area contributed by atoms with E-state index < -0.39 is 0 Å². The quantitative estimate of drug-likeness (QED) is 0.601. The van der Waals surface area contributed by atoms with Crippen LogP contribution in [0.2, 0.25) is 0 Å². The van der Waals surface area contributed by atoms with Gasteiger partial charge in [0.2, 0.25) is 0 Å². The zero-order valence-electron chi connectivity index (χ0n) is 14.8. The molecule has 6 nitrogen and oxygen atoms in total. The lowest BCUT2D eigenvalue weighted by molar-refractivity contribution is 0.236. The molecule has 1 aromatic heterocycles. The van der Waals surface area contributed by atoms with Crippen molar-refractivity contribution in [3.8, 4) is 5.75 Å². The van der Waals surface area contributed by atoms with Crippen molar-refractivity contribution in [3.05, 3.63) is 83.9 Å². The molecule has 0 saturated heterocycles. The minimum absolute atomic E-state index is 0.263. The molecule has 0 fully saturated rings. The maximum Gasteiger partial charge on any atom is 0.315 e. The third kappa shape index (κ3) is 6.14. The number of carbonyl (C=O) groups is 1. The highest BCUT2D eigenvalue weighted by molar-refractivity contribution is 5.73. The smallest absolute Gasteiger partial charge is 0.315 e. The summed E-state index contributed by atoms with van der Waals surface area (Å²) in [4.78, 5) is 11.8. The van der Waals surface area contributed by atoms with E-state index in [0.717, 1.165) is 11.1 Å². The summed E-state index contributed by atoms with van der Waals surface area (Å²) in [6.07, 6.45) is 3.66. The number of carbonyl (C=O) groups excluding carboxylic acids is 1. The van der Waals surface area contributed by atoms with Gasteiger partial charge >= 0.3 is 6.03 Å². The third-order valence-electron chi connectivity index (χ3n) is 3.83. The molecule has 0 unspecified atom stereocenters. The lowest BCUT2D eigenvalue weighted by Gasteiger charge is -2.10. The standard InChI is InChI=1S/C20H21FN4O2/c21-18-3-1-4-19(13-18)27-12-10-22-20(26)23-14-16-5-7-17(8-6-16)15-25-11-2-9-24-25/h1-9,11,13H,10,12,14-15H2,(H2,22,23,26). The van der Waals surface area contributed by atoms with E-state index in [-0.39, 0.29) is 18.5 Å². The van der Waals surface area contributed by atoms with Gasteiger partial charge in [-0.2, -0.15) is 5.10 Å². The zero-order valence-corrected chi connectivity index (χ0v) is 14.8. The molecule has 0 aliphatic rings. The molecule has 0 saturated carbocycles. The molecule has 1 heterocycles. The summed E-state index contributed by atoms with van der Waals surface area (Å²) >= 11 is 0. The summed E-state index contributed by atoms with van der Waals surface area (Å²) in [6.45, 7) is 1.73. The molecule has 0 aliphatic carbocycles. The summed E-state index contributed by atoms with van der Waals surface area (Å²) in [6, 6.07) is 15.5. The Labute approximate surface area is 157 Å². The van der Waals surface area contributed by atoms with Crippen LogP contribution in [0.5, 0.6) is 5.75 Å². The van der Waals surface area contributed by atoms with Gasteiger partial charge in [-0.3, -0.25) is 4.68 Å². The van der Waals surface area contributed by atoms with E-state index in [9.17, 15) is 9.18 Å². The topological polar surface area (TPSA) is 68.2 Å². The molecule has 0 atom stereocenters. The summed E-state index contributed by atoms with van der Waals surface area (Å²) in [5, 5.41) is 9.66. The van der Waals surface area contributed by atoms with E-state index >= 15 is 0 Å². The van der Waals surface area contributed by atoms with Crippen molar-refractivity contribution in [2.75, 3.05) is 13.2 Å². The van der Waals surface area contributed by atoms with Crippen LogP contribution >= 0.6 is 0 Å². The van der Waals surface area contributed by atoms with Crippen LogP contribution in [0, 0.1) is 5.82 Å². The van der Waals surface area contributed by atoms with Gasteiger partial charge in [0.05, 0.1) is 13.1 Å². The van der Waals surface area contributed by atoms with Gasteiger partial charge in [0.15, 0.2) is 0 Å². The van der Waals surface area contributed by atoms with Crippen LogP contribution in [0.1, 0.15) is 11.1 Å². The van der Waals surface area contributed by atoms with Crippen LogP contribution in [-0.4, -0.2) is 29.0 Å². The number of aromatic nitrogens is 2. The normalized spacial score (nSPS) is 10.4. The summed E-state index contributed by atoms with van der Waals surface area (Å²) in [5.74, 6) is 0.0845. The lowest BCUT2D eigenvalue weighted by atomic mass is 10.1. The van der Waals surface area contributed by atoms with Crippen molar-refractivity contribution < 1.29 is 13.9 Å². The number of amides is 2. The molecule has 3 aromatic rings. The second-order valence-electron chi connectivity index (χ2n) is 5.94. The predicted octanol–water partition coefficient (Wildman–Crippen LogP) is 2.95. The Morgan fingerprint density at radius 3 is 2.63 bits per heavy atom. The van der Waals surface area contributed by atoms with E-state index in [2.05, 4.69) is 15.7 Å². The molecule has 140 valence electrons. The molecule has 0 radical (unpaired) electrons. The number of rotatable bonds is 8. The van der Waals surface area contributed by atoms with Crippen LogP contribution in [-0.2, 0) is 13.1 Å². The minimum atomic E-state index is -0.353. The van der Waals surface area contributed by atoms with Crippen molar-refractivity contribution in [2.24, 2.45) is 0 Å². The van der Waals surface area contributed by atoms with E-state index in [0.29, 0.717) is 25.4 Å².